The molecule has 0 aromatic rings. The number of hydroxylamine groups is 8. The van der Waals surface area contributed by atoms with E-state index in [1.54, 1.807) is 111 Å². The van der Waals surface area contributed by atoms with Gasteiger partial charge in [0.15, 0.2) is 0 Å². The molecule has 0 bridgehead atoms. The van der Waals surface area contributed by atoms with Crippen LogP contribution in [-0.2, 0) is 59.0 Å². The zero-order chi connectivity index (χ0) is 48.8. The van der Waals surface area contributed by atoms with Gasteiger partial charge in [0, 0.05) is 109 Å². The number of carbonyl (C=O) groups is 4. The Labute approximate surface area is 382 Å². The summed E-state index contributed by atoms with van der Waals surface area (Å²) in [7, 11) is 0. The van der Waals surface area contributed by atoms with Gasteiger partial charge in [0.25, 0.3) is 0 Å². The highest BCUT2D eigenvalue weighted by molar-refractivity contribution is 5.76. The lowest BCUT2D eigenvalue weighted by molar-refractivity contribution is -0.299. The van der Waals surface area contributed by atoms with E-state index in [4.69, 9.17) is 18.9 Å². The highest BCUT2D eigenvalue weighted by Crippen LogP contribution is 2.42. The van der Waals surface area contributed by atoms with Gasteiger partial charge in [-0.1, -0.05) is 0 Å². The van der Waals surface area contributed by atoms with Gasteiger partial charge in [0.05, 0.1) is 26.2 Å². The first kappa shape index (κ1) is 54.1. The van der Waals surface area contributed by atoms with Crippen molar-refractivity contribution in [3.05, 3.63) is 0 Å². The van der Waals surface area contributed by atoms with E-state index in [2.05, 4.69) is 0 Å². The maximum atomic E-state index is 13.7. The first-order chi connectivity index (χ1) is 28.9. The number of nitrogens with zero attached hydrogens (tertiary/aromatic N) is 6. The normalized spacial score (nSPS) is 26.4. The van der Waals surface area contributed by atoms with Crippen LogP contribution in [0.1, 0.15) is 162 Å². The summed E-state index contributed by atoms with van der Waals surface area (Å²) < 4.78 is 23.9. The van der Waals surface area contributed by atoms with Crippen molar-refractivity contribution in [2.24, 2.45) is 0 Å². The van der Waals surface area contributed by atoms with Crippen molar-refractivity contribution in [1.29, 1.82) is 0 Å². The van der Waals surface area contributed by atoms with Crippen molar-refractivity contribution in [2.75, 3.05) is 39.3 Å². The zero-order valence-corrected chi connectivity index (χ0v) is 41.8. The molecule has 4 rings (SSSR count). The second-order valence-electron chi connectivity index (χ2n) is 24.2. The van der Waals surface area contributed by atoms with E-state index in [-0.39, 0.29) is 39.3 Å². The Bertz CT molecular complexity index is 1370. The predicted molar refractivity (Wildman–Crippen MR) is 232 cm³/mol. The van der Waals surface area contributed by atoms with Gasteiger partial charge in [-0.3, -0.25) is 29.0 Å². The highest BCUT2D eigenvalue weighted by atomic mass is 16.6. The second kappa shape index (κ2) is 19.2. The summed E-state index contributed by atoms with van der Waals surface area (Å²) in [5.41, 5.74) is -6.36. The van der Waals surface area contributed by atoms with Crippen LogP contribution in [0.15, 0.2) is 0 Å². The van der Waals surface area contributed by atoms with Gasteiger partial charge >= 0.3 is 23.9 Å². The van der Waals surface area contributed by atoms with Gasteiger partial charge in [0.2, 0.25) is 0 Å². The molecule has 0 aliphatic carbocycles. The molecule has 4 heterocycles. The van der Waals surface area contributed by atoms with E-state index in [1.807, 2.05) is 0 Å². The third-order valence-corrected chi connectivity index (χ3v) is 13.6. The Balaban J connectivity index is 1.55. The predicted octanol–water partition coefficient (Wildman–Crippen LogP) is 5.23. The van der Waals surface area contributed by atoms with Crippen LogP contribution in [0.2, 0.25) is 0 Å². The van der Waals surface area contributed by atoms with Crippen LogP contribution in [0.4, 0.5) is 0 Å². The molecule has 0 spiro atoms. The first-order valence-corrected chi connectivity index (χ1v) is 23.0. The Hall–Kier alpha value is -2.52. The Morgan fingerprint density at radius 2 is 0.484 bits per heavy atom. The van der Waals surface area contributed by atoms with E-state index < -0.39 is 92.6 Å². The molecule has 4 fully saturated rings. The standard InChI is InChI=1S/C46H80N6O12/c1-39(2)19-31(20-40(3,4)49(39)57)61-35(53)27-47(28-36(54)62-32-21-41(5,6)50(58)42(7,8)22-32)17-18-48(29-37(55)63-33-23-43(9,10)51(59)44(11,12)24-33)30-38(56)64-34-25-45(13,14)52(60)46(15,16)26-34/h31-34H,17-30H2,1-16H3. The van der Waals surface area contributed by atoms with Crippen LogP contribution >= 0.6 is 0 Å². The van der Waals surface area contributed by atoms with Crippen LogP contribution in [0.3, 0.4) is 0 Å². The lowest BCUT2D eigenvalue weighted by Crippen LogP contribution is -2.60. The SMILES string of the molecule is CC1(C)CC(OC(=O)CN(CCN(CC(=O)OC2CC(C)(C)N([O])C(C)(C)C2)CC(=O)OC2CC(C)(C)N([O])C(C)(C)C2)CC(=O)OC2CC(C)(C)N([O])C(C)(C)C2)CC(C)(C)N1[O]. The smallest absolute Gasteiger partial charge is 0.320 e. The zero-order valence-electron chi connectivity index (χ0n) is 41.8. The molecule has 4 radical (unpaired) electrons. The maximum Gasteiger partial charge on any atom is 0.320 e. The topological polar surface area (TPSA) is 204 Å². The molecular weight excluding hydrogens is 829 g/mol. The molecule has 0 N–H and O–H groups in total. The Kier molecular flexibility index (Phi) is 16.3. The number of hydrogen-bond acceptors (Lipinski definition) is 14. The van der Waals surface area contributed by atoms with Gasteiger partial charge in [-0.15, -0.1) is 41.1 Å². The Morgan fingerprint density at radius 3 is 0.625 bits per heavy atom. The summed E-state index contributed by atoms with van der Waals surface area (Å²) in [6.45, 7) is 27.5. The van der Waals surface area contributed by atoms with Gasteiger partial charge in [-0.2, -0.15) is 0 Å². The van der Waals surface area contributed by atoms with Crippen LogP contribution in [-0.4, -0.2) is 162 Å². The summed E-state index contributed by atoms with van der Waals surface area (Å²) >= 11 is 0. The van der Waals surface area contributed by atoms with Crippen LogP contribution in [0.25, 0.3) is 0 Å². The van der Waals surface area contributed by atoms with E-state index in [0.29, 0.717) is 51.4 Å². The molecule has 18 nitrogen and oxygen atoms in total. The van der Waals surface area contributed by atoms with Crippen LogP contribution < -0.4 is 0 Å². The molecule has 0 aromatic carbocycles. The number of carbonyl (C=O) groups excluding carboxylic acids is 4. The molecule has 0 atom stereocenters. The third-order valence-electron chi connectivity index (χ3n) is 13.6. The van der Waals surface area contributed by atoms with Crippen molar-refractivity contribution in [3.8, 4) is 0 Å². The number of esters is 4. The summed E-state index contributed by atoms with van der Waals surface area (Å²) in [5.74, 6) is -2.50. The Morgan fingerprint density at radius 1 is 0.344 bits per heavy atom. The lowest BCUT2D eigenvalue weighted by Gasteiger charge is -2.49. The van der Waals surface area contributed by atoms with E-state index in [1.165, 1.54) is 9.80 Å². The lowest BCUT2D eigenvalue weighted by atomic mass is 9.80. The molecule has 18 heteroatoms. The monoisotopic (exact) mass is 909 g/mol. The molecule has 4 aliphatic rings. The van der Waals surface area contributed by atoms with Crippen molar-refractivity contribution in [2.45, 2.75) is 231 Å². The molecule has 4 aliphatic heterocycles. The van der Waals surface area contributed by atoms with Gasteiger partial charge in [-0.25, -0.2) is 0 Å². The number of piperidine rings is 4. The minimum atomic E-state index is -0.796. The molecule has 0 aromatic heterocycles. The van der Waals surface area contributed by atoms with E-state index in [9.17, 15) is 40.0 Å². The summed E-state index contributed by atoms with van der Waals surface area (Å²) in [6.07, 6.45) is 0.190. The number of rotatable bonds is 15. The number of hydrogen-bond donors (Lipinski definition) is 0. The van der Waals surface area contributed by atoms with E-state index in [0.717, 1.165) is 20.3 Å². The fraction of sp³-hybridized carbons (Fsp3) is 0.913. The molecule has 0 saturated carbocycles. The third kappa shape index (κ3) is 13.6. The second-order valence-corrected chi connectivity index (χ2v) is 24.2. The fourth-order valence-electron chi connectivity index (χ4n) is 11.4. The summed E-state index contributed by atoms with van der Waals surface area (Å²) in [5, 5.41) is 56.3. The summed E-state index contributed by atoms with van der Waals surface area (Å²) in [4.78, 5) is 58.0. The van der Waals surface area contributed by atoms with Crippen LogP contribution in [0, 0.1) is 0 Å². The molecule has 4 saturated heterocycles. The largest absolute Gasteiger partial charge is 0.461 e. The average molecular weight is 909 g/mol. The van der Waals surface area contributed by atoms with Crippen molar-refractivity contribution >= 4 is 23.9 Å². The summed E-state index contributed by atoms with van der Waals surface area (Å²) in [6, 6.07) is 0. The van der Waals surface area contributed by atoms with Gasteiger partial charge in [-0.05, 0) is 111 Å². The minimum Gasteiger partial charge on any atom is -0.461 e. The highest BCUT2D eigenvalue weighted by Gasteiger charge is 2.51. The van der Waals surface area contributed by atoms with Crippen molar-refractivity contribution in [3.63, 3.8) is 0 Å². The maximum absolute atomic E-state index is 13.7. The molecule has 0 amide bonds. The van der Waals surface area contributed by atoms with E-state index >= 15 is 0 Å². The molecule has 366 valence electrons. The minimum absolute atomic E-state index is 0.00000628. The molecule has 64 heavy (non-hydrogen) atoms. The van der Waals surface area contributed by atoms with Crippen molar-refractivity contribution in [1.82, 2.24) is 30.1 Å². The molecular formula is C46H80N6O12. The fourth-order valence-corrected chi connectivity index (χ4v) is 11.4. The number of ether oxygens (including phenoxy) is 4. The van der Waals surface area contributed by atoms with Gasteiger partial charge in [0.1, 0.15) is 24.4 Å². The first-order valence-electron chi connectivity index (χ1n) is 23.0. The quantitative estimate of drug-likeness (QED) is 0.153. The van der Waals surface area contributed by atoms with Crippen molar-refractivity contribution < 1.29 is 59.0 Å². The molecule has 0 unspecified atom stereocenters. The average Bonchev–Trinajstić information content (AvgIpc) is 3.08. The van der Waals surface area contributed by atoms with Crippen LogP contribution in [0.5, 0.6) is 0 Å². The van der Waals surface area contributed by atoms with Gasteiger partial charge < -0.3 is 18.9 Å².